The van der Waals surface area contributed by atoms with Gasteiger partial charge in [-0.2, -0.15) is 0 Å². The van der Waals surface area contributed by atoms with E-state index in [9.17, 15) is 4.79 Å². The third kappa shape index (κ3) is 1.84. The van der Waals surface area contributed by atoms with E-state index in [0.29, 0.717) is 0 Å². The second-order valence-corrected chi connectivity index (χ2v) is 5.21. The summed E-state index contributed by atoms with van der Waals surface area (Å²) in [7, 11) is 0. The molecule has 1 aliphatic heterocycles. The lowest BCUT2D eigenvalue weighted by Gasteiger charge is -2.32. The lowest BCUT2D eigenvalue weighted by molar-refractivity contribution is -0.150. The maximum atomic E-state index is 12.4. The van der Waals surface area contributed by atoms with Crippen molar-refractivity contribution in [1.29, 1.82) is 0 Å². The molecule has 20 heavy (non-hydrogen) atoms. The number of carbonyl (C=O) groups is 1. The maximum Gasteiger partial charge on any atom is 0.332 e. The molecule has 1 aliphatic rings. The molecule has 0 amide bonds. The predicted octanol–water partition coefficient (Wildman–Crippen LogP) is 2.26. The van der Waals surface area contributed by atoms with E-state index in [2.05, 4.69) is 22.9 Å². The van der Waals surface area contributed by atoms with Crippen LogP contribution >= 0.6 is 0 Å². The van der Waals surface area contributed by atoms with Crippen molar-refractivity contribution in [2.45, 2.75) is 18.9 Å². The number of hydrogen-bond donors (Lipinski definition) is 2. The standard InChI is InChI=1S/C16H18N2O2/c1-3-10-20-15(19)16(2)14-12(8-9-17-16)11-6-4-5-7-13(11)18-14/h3-7,17-18H,1,8-10H2,2H3. The Bertz CT molecular complexity index is 674. The summed E-state index contributed by atoms with van der Waals surface area (Å²) >= 11 is 0. The summed E-state index contributed by atoms with van der Waals surface area (Å²) in [6, 6.07) is 8.13. The van der Waals surface area contributed by atoms with Crippen LogP contribution in [-0.2, 0) is 21.5 Å². The van der Waals surface area contributed by atoms with Gasteiger partial charge < -0.3 is 9.72 Å². The second-order valence-electron chi connectivity index (χ2n) is 5.21. The molecule has 1 atom stereocenters. The van der Waals surface area contributed by atoms with Crippen molar-refractivity contribution in [2.75, 3.05) is 13.2 Å². The van der Waals surface area contributed by atoms with Gasteiger partial charge in [0.25, 0.3) is 0 Å². The Morgan fingerprint density at radius 3 is 3.10 bits per heavy atom. The van der Waals surface area contributed by atoms with Crippen LogP contribution in [0, 0.1) is 0 Å². The molecule has 1 unspecified atom stereocenters. The molecule has 2 N–H and O–H groups in total. The molecular formula is C16H18N2O2. The number of aromatic amines is 1. The Kier molecular flexibility index (Phi) is 3.10. The lowest BCUT2D eigenvalue weighted by atomic mass is 9.88. The average Bonchev–Trinajstić information content (AvgIpc) is 2.85. The van der Waals surface area contributed by atoms with Gasteiger partial charge in [-0.25, -0.2) is 4.79 Å². The number of fused-ring (bicyclic) bond motifs is 3. The second kappa shape index (κ2) is 4.80. The summed E-state index contributed by atoms with van der Waals surface area (Å²) in [6.45, 7) is 6.43. The molecule has 0 saturated carbocycles. The third-order valence-electron chi connectivity index (χ3n) is 3.91. The van der Waals surface area contributed by atoms with Gasteiger partial charge in [0, 0.05) is 17.4 Å². The predicted molar refractivity (Wildman–Crippen MR) is 78.5 cm³/mol. The van der Waals surface area contributed by atoms with E-state index in [-0.39, 0.29) is 12.6 Å². The number of nitrogens with one attached hydrogen (secondary N) is 2. The quantitative estimate of drug-likeness (QED) is 0.664. The first kappa shape index (κ1) is 12.9. The zero-order valence-corrected chi connectivity index (χ0v) is 11.5. The van der Waals surface area contributed by atoms with E-state index in [0.717, 1.165) is 24.2 Å². The molecule has 104 valence electrons. The van der Waals surface area contributed by atoms with Crippen LogP contribution in [-0.4, -0.2) is 24.1 Å². The third-order valence-corrected chi connectivity index (χ3v) is 3.91. The first-order valence-electron chi connectivity index (χ1n) is 6.80. The van der Waals surface area contributed by atoms with Crippen LogP contribution in [0.15, 0.2) is 36.9 Å². The largest absolute Gasteiger partial charge is 0.460 e. The summed E-state index contributed by atoms with van der Waals surface area (Å²) in [5.41, 5.74) is 2.36. The molecule has 0 fully saturated rings. The highest BCUT2D eigenvalue weighted by Gasteiger charge is 2.42. The molecule has 2 aromatic rings. The molecule has 0 saturated heterocycles. The zero-order chi connectivity index (χ0) is 14.2. The molecule has 0 aliphatic carbocycles. The molecular weight excluding hydrogens is 252 g/mol. The van der Waals surface area contributed by atoms with Gasteiger partial charge in [-0.15, -0.1) is 0 Å². The lowest BCUT2D eigenvalue weighted by Crippen LogP contribution is -2.51. The number of benzene rings is 1. The summed E-state index contributed by atoms with van der Waals surface area (Å²) < 4.78 is 5.25. The number of ether oxygens (including phenoxy) is 1. The van der Waals surface area contributed by atoms with Gasteiger partial charge in [-0.3, -0.25) is 5.32 Å². The van der Waals surface area contributed by atoms with Gasteiger partial charge in [0.05, 0.1) is 5.69 Å². The first-order valence-corrected chi connectivity index (χ1v) is 6.80. The van der Waals surface area contributed by atoms with Crippen LogP contribution in [0.25, 0.3) is 10.9 Å². The Morgan fingerprint density at radius 1 is 1.50 bits per heavy atom. The minimum absolute atomic E-state index is 0.228. The molecule has 2 heterocycles. The van der Waals surface area contributed by atoms with E-state index >= 15 is 0 Å². The van der Waals surface area contributed by atoms with E-state index in [4.69, 9.17) is 4.74 Å². The molecule has 0 bridgehead atoms. The molecule has 3 rings (SSSR count). The monoisotopic (exact) mass is 270 g/mol. The van der Waals surface area contributed by atoms with Crippen LogP contribution in [0.5, 0.6) is 0 Å². The fourth-order valence-electron chi connectivity index (χ4n) is 2.87. The highest BCUT2D eigenvalue weighted by Crippen LogP contribution is 2.34. The van der Waals surface area contributed by atoms with Crippen LogP contribution in [0.1, 0.15) is 18.2 Å². The topological polar surface area (TPSA) is 54.1 Å². The fourth-order valence-corrected chi connectivity index (χ4v) is 2.87. The van der Waals surface area contributed by atoms with Gasteiger partial charge in [-0.05, 0) is 25.0 Å². The van der Waals surface area contributed by atoms with E-state index in [1.54, 1.807) is 6.08 Å². The number of aromatic nitrogens is 1. The first-order chi connectivity index (χ1) is 9.66. The van der Waals surface area contributed by atoms with Crippen LogP contribution in [0.3, 0.4) is 0 Å². The van der Waals surface area contributed by atoms with Crippen molar-refractivity contribution < 1.29 is 9.53 Å². The van der Waals surface area contributed by atoms with Gasteiger partial charge in [0.15, 0.2) is 5.54 Å². The van der Waals surface area contributed by atoms with E-state index in [1.807, 2.05) is 25.1 Å². The normalized spacial score (nSPS) is 21.4. The van der Waals surface area contributed by atoms with Gasteiger partial charge in [0.1, 0.15) is 6.61 Å². The molecule has 0 spiro atoms. The van der Waals surface area contributed by atoms with E-state index in [1.165, 1.54) is 10.9 Å². The van der Waals surface area contributed by atoms with Crippen LogP contribution < -0.4 is 5.32 Å². The van der Waals surface area contributed by atoms with Gasteiger partial charge in [0.2, 0.25) is 0 Å². The summed E-state index contributed by atoms with van der Waals surface area (Å²) in [4.78, 5) is 15.7. The molecule has 1 aromatic heterocycles. The maximum absolute atomic E-state index is 12.4. The summed E-state index contributed by atoms with van der Waals surface area (Å²) in [5.74, 6) is -0.273. The van der Waals surface area contributed by atoms with Crippen molar-refractivity contribution >= 4 is 16.9 Å². The van der Waals surface area contributed by atoms with Gasteiger partial charge >= 0.3 is 5.97 Å². The Balaban J connectivity index is 2.09. The SMILES string of the molecule is C=CCOC(=O)C1(C)NCCc2c1[nH]c1ccccc21. The fraction of sp³-hybridized carbons (Fsp3) is 0.312. The number of hydrogen-bond acceptors (Lipinski definition) is 3. The number of rotatable bonds is 3. The number of para-hydroxylation sites is 1. The minimum Gasteiger partial charge on any atom is -0.460 e. The minimum atomic E-state index is -0.824. The summed E-state index contributed by atoms with van der Waals surface area (Å²) in [6.07, 6.45) is 2.49. The van der Waals surface area contributed by atoms with Crippen LogP contribution in [0.4, 0.5) is 0 Å². The van der Waals surface area contributed by atoms with E-state index < -0.39 is 5.54 Å². The zero-order valence-electron chi connectivity index (χ0n) is 11.5. The molecule has 4 heteroatoms. The molecule has 4 nitrogen and oxygen atoms in total. The van der Waals surface area contributed by atoms with Gasteiger partial charge in [-0.1, -0.05) is 30.9 Å². The van der Waals surface area contributed by atoms with Crippen LogP contribution in [0.2, 0.25) is 0 Å². The van der Waals surface area contributed by atoms with Crippen molar-refractivity contribution in [1.82, 2.24) is 10.3 Å². The van der Waals surface area contributed by atoms with Crippen molar-refractivity contribution in [2.24, 2.45) is 0 Å². The average molecular weight is 270 g/mol. The Labute approximate surface area is 117 Å². The molecule has 1 aromatic carbocycles. The Morgan fingerprint density at radius 2 is 2.30 bits per heavy atom. The highest BCUT2D eigenvalue weighted by molar-refractivity contribution is 5.90. The Hall–Kier alpha value is -2.07. The van der Waals surface area contributed by atoms with Crippen molar-refractivity contribution in [3.8, 4) is 0 Å². The smallest absolute Gasteiger partial charge is 0.332 e. The highest BCUT2D eigenvalue weighted by atomic mass is 16.5. The number of H-pyrrole nitrogens is 1. The number of carbonyl (C=O) groups excluding carboxylic acids is 1. The van der Waals surface area contributed by atoms with Crippen molar-refractivity contribution in [3.05, 3.63) is 48.2 Å². The summed E-state index contributed by atoms with van der Waals surface area (Å²) in [5, 5.41) is 4.47. The van der Waals surface area contributed by atoms with Crippen molar-refractivity contribution in [3.63, 3.8) is 0 Å². The molecule has 0 radical (unpaired) electrons. The number of esters is 1.